The van der Waals surface area contributed by atoms with Crippen molar-refractivity contribution in [1.29, 1.82) is 0 Å². The van der Waals surface area contributed by atoms with Gasteiger partial charge in [0.1, 0.15) is 0 Å². The first-order chi connectivity index (χ1) is 10.0. The lowest BCUT2D eigenvalue weighted by Gasteiger charge is -2.25. The molecule has 0 bridgehead atoms. The number of anilines is 2. The summed E-state index contributed by atoms with van der Waals surface area (Å²) in [5.74, 6) is 0. The number of hydrogen-bond donors (Lipinski definition) is 1. The lowest BCUT2D eigenvalue weighted by atomic mass is 10.1. The van der Waals surface area contributed by atoms with Crippen LogP contribution in [0.2, 0.25) is 0 Å². The average molecular weight is 298 g/mol. The van der Waals surface area contributed by atoms with Crippen molar-refractivity contribution >= 4 is 28.7 Å². The number of nitrogens with one attached hydrogen (secondary N) is 1. The zero-order valence-corrected chi connectivity index (χ0v) is 13.9. The molecule has 2 nitrogen and oxygen atoms in total. The summed E-state index contributed by atoms with van der Waals surface area (Å²) >= 11 is 5.61. The Balaban J connectivity index is 2.25. The normalized spacial score (nSPS) is 10.3. The molecular weight excluding hydrogens is 276 g/mol. The third kappa shape index (κ3) is 3.61. The topological polar surface area (TPSA) is 15.3 Å². The molecule has 21 heavy (non-hydrogen) atoms. The molecule has 2 aromatic carbocycles. The zero-order chi connectivity index (χ0) is 15.4. The molecule has 0 saturated heterocycles. The summed E-state index contributed by atoms with van der Waals surface area (Å²) in [6, 6.07) is 14.6. The molecule has 1 N–H and O–H groups in total. The zero-order valence-electron chi connectivity index (χ0n) is 13.1. The van der Waals surface area contributed by atoms with Crippen LogP contribution in [0.5, 0.6) is 0 Å². The Morgan fingerprint density at radius 3 is 2.14 bits per heavy atom. The molecule has 0 aliphatic rings. The molecule has 0 heterocycles. The van der Waals surface area contributed by atoms with Crippen molar-refractivity contribution in [2.75, 3.05) is 16.8 Å². The van der Waals surface area contributed by atoms with Crippen molar-refractivity contribution in [3.63, 3.8) is 0 Å². The second kappa shape index (κ2) is 6.72. The minimum Gasteiger partial charge on any atom is -0.332 e. The number of nitrogens with zero attached hydrogens (tertiary/aromatic N) is 1. The first-order valence-corrected chi connectivity index (χ1v) is 7.65. The number of rotatable bonds is 3. The molecule has 0 aliphatic carbocycles. The molecule has 0 spiro atoms. The number of aryl methyl sites for hydroxylation is 3. The van der Waals surface area contributed by atoms with Gasteiger partial charge in [0.15, 0.2) is 5.11 Å². The van der Waals surface area contributed by atoms with Gasteiger partial charge in [0.05, 0.1) is 0 Å². The highest BCUT2D eigenvalue weighted by molar-refractivity contribution is 7.80. The Labute approximate surface area is 132 Å². The summed E-state index contributed by atoms with van der Waals surface area (Å²) in [4.78, 5) is 2.11. The molecule has 0 aromatic heterocycles. The molecule has 0 fully saturated rings. The van der Waals surface area contributed by atoms with Gasteiger partial charge >= 0.3 is 0 Å². The fourth-order valence-electron chi connectivity index (χ4n) is 2.60. The molecule has 0 radical (unpaired) electrons. The standard InChI is InChI=1S/C18H22N2S/c1-5-20(16-9-7-6-8-10-16)18(21)19-17-14(3)11-13(2)12-15(17)4/h6-12H,5H2,1-4H3,(H,19,21). The van der Waals surface area contributed by atoms with Gasteiger partial charge in [-0.15, -0.1) is 0 Å². The van der Waals surface area contributed by atoms with E-state index < -0.39 is 0 Å². The number of hydrogen-bond acceptors (Lipinski definition) is 1. The quantitative estimate of drug-likeness (QED) is 0.817. The molecule has 0 unspecified atom stereocenters. The Hall–Kier alpha value is -1.87. The van der Waals surface area contributed by atoms with E-state index in [2.05, 4.69) is 62.2 Å². The molecule has 3 heteroatoms. The van der Waals surface area contributed by atoms with Crippen LogP contribution in [-0.4, -0.2) is 11.7 Å². The highest BCUT2D eigenvalue weighted by Crippen LogP contribution is 2.23. The Bertz CT molecular complexity index is 612. The Kier molecular flexibility index (Phi) is 4.97. The lowest BCUT2D eigenvalue weighted by Crippen LogP contribution is -2.34. The average Bonchev–Trinajstić information content (AvgIpc) is 2.45. The molecule has 2 rings (SSSR count). The van der Waals surface area contributed by atoms with Gasteiger partial charge < -0.3 is 10.2 Å². The summed E-state index contributed by atoms with van der Waals surface area (Å²) in [7, 11) is 0. The summed E-state index contributed by atoms with van der Waals surface area (Å²) < 4.78 is 0. The molecule has 0 saturated carbocycles. The maximum absolute atomic E-state index is 5.61. The van der Waals surface area contributed by atoms with Crippen LogP contribution in [-0.2, 0) is 0 Å². The predicted octanol–water partition coefficient (Wildman–Crippen LogP) is 4.84. The van der Waals surface area contributed by atoms with Crippen molar-refractivity contribution < 1.29 is 0 Å². The number of para-hydroxylation sites is 1. The van der Waals surface area contributed by atoms with Crippen molar-refractivity contribution in [3.05, 3.63) is 59.2 Å². The third-order valence-corrected chi connectivity index (χ3v) is 3.86. The fraction of sp³-hybridized carbons (Fsp3) is 0.278. The number of thiocarbonyl (C=S) groups is 1. The summed E-state index contributed by atoms with van der Waals surface area (Å²) in [6.45, 7) is 9.29. The van der Waals surface area contributed by atoms with Gasteiger partial charge in [-0.1, -0.05) is 35.9 Å². The largest absolute Gasteiger partial charge is 0.332 e. The molecular formula is C18H22N2S. The maximum atomic E-state index is 5.61. The van der Waals surface area contributed by atoms with E-state index in [0.717, 1.165) is 23.0 Å². The lowest BCUT2D eigenvalue weighted by molar-refractivity contribution is 1.06. The second-order valence-electron chi connectivity index (χ2n) is 5.28. The Morgan fingerprint density at radius 2 is 1.62 bits per heavy atom. The van der Waals surface area contributed by atoms with Crippen LogP contribution in [0.3, 0.4) is 0 Å². The fourth-order valence-corrected chi connectivity index (χ4v) is 2.94. The van der Waals surface area contributed by atoms with E-state index in [1.165, 1.54) is 16.7 Å². The second-order valence-corrected chi connectivity index (χ2v) is 5.67. The minimum atomic E-state index is 0.735. The van der Waals surface area contributed by atoms with E-state index in [-0.39, 0.29) is 0 Å². The van der Waals surface area contributed by atoms with Gasteiger partial charge in [0.25, 0.3) is 0 Å². The molecule has 0 atom stereocenters. The van der Waals surface area contributed by atoms with E-state index in [1.807, 2.05) is 18.2 Å². The number of benzene rings is 2. The van der Waals surface area contributed by atoms with Crippen molar-refractivity contribution in [1.82, 2.24) is 0 Å². The third-order valence-electron chi connectivity index (χ3n) is 3.54. The predicted molar refractivity (Wildman–Crippen MR) is 96.3 cm³/mol. The monoisotopic (exact) mass is 298 g/mol. The van der Waals surface area contributed by atoms with Gasteiger partial charge in [0.2, 0.25) is 0 Å². The molecule has 0 aliphatic heterocycles. The van der Waals surface area contributed by atoms with Gasteiger partial charge in [-0.25, -0.2) is 0 Å². The first kappa shape index (κ1) is 15.5. The maximum Gasteiger partial charge on any atom is 0.177 e. The molecule has 110 valence electrons. The molecule has 0 amide bonds. The summed E-state index contributed by atoms with van der Waals surface area (Å²) in [6.07, 6.45) is 0. The van der Waals surface area contributed by atoms with Crippen LogP contribution in [0, 0.1) is 20.8 Å². The van der Waals surface area contributed by atoms with E-state index in [4.69, 9.17) is 12.2 Å². The van der Waals surface area contributed by atoms with Gasteiger partial charge in [0, 0.05) is 17.9 Å². The SMILES string of the molecule is CCN(C(=S)Nc1c(C)cc(C)cc1C)c1ccccc1. The van der Waals surface area contributed by atoms with Gasteiger partial charge in [-0.05, 0) is 63.2 Å². The van der Waals surface area contributed by atoms with Crippen LogP contribution in [0.15, 0.2) is 42.5 Å². The Morgan fingerprint density at radius 1 is 1.05 bits per heavy atom. The molecule has 2 aromatic rings. The van der Waals surface area contributed by atoms with Crippen LogP contribution >= 0.6 is 12.2 Å². The highest BCUT2D eigenvalue weighted by Gasteiger charge is 2.12. The van der Waals surface area contributed by atoms with E-state index in [0.29, 0.717) is 0 Å². The van der Waals surface area contributed by atoms with Gasteiger partial charge in [-0.2, -0.15) is 0 Å². The summed E-state index contributed by atoms with van der Waals surface area (Å²) in [5, 5.41) is 4.15. The highest BCUT2D eigenvalue weighted by atomic mass is 32.1. The van der Waals surface area contributed by atoms with Crippen LogP contribution in [0.1, 0.15) is 23.6 Å². The van der Waals surface area contributed by atoms with Crippen molar-refractivity contribution in [2.45, 2.75) is 27.7 Å². The van der Waals surface area contributed by atoms with Crippen molar-refractivity contribution in [2.24, 2.45) is 0 Å². The van der Waals surface area contributed by atoms with Gasteiger partial charge in [-0.3, -0.25) is 0 Å². The first-order valence-electron chi connectivity index (χ1n) is 7.24. The smallest absolute Gasteiger partial charge is 0.177 e. The van der Waals surface area contributed by atoms with Crippen LogP contribution in [0.25, 0.3) is 0 Å². The van der Waals surface area contributed by atoms with Crippen LogP contribution in [0.4, 0.5) is 11.4 Å². The van der Waals surface area contributed by atoms with E-state index >= 15 is 0 Å². The minimum absolute atomic E-state index is 0.735. The van der Waals surface area contributed by atoms with Crippen molar-refractivity contribution in [3.8, 4) is 0 Å². The summed E-state index contributed by atoms with van der Waals surface area (Å²) in [5.41, 5.74) is 5.94. The van der Waals surface area contributed by atoms with E-state index in [1.54, 1.807) is 0 Å². The van der Waals surface area contributed by atoms with Crippen LogP contribution < -0.4 is 10.2 Å². The van der Waals surface area contributed by atoms with E-state index in [9.17, 15) is 0 Å².